The molecule has 2 N–H and O–H groups in total. The van der Waals surface area contributed by atoms with Gasteiger partial charge in [0.05, 0.1) is 18.7 Å². The first-order valence-corrected chi connectivity index (χ1v) is 6.91. The van der Waals surface area contributed by atoms with Gasteiger partial charge in [-0.25, -0.2) is 4.68 Å². The number of nitrogens with one attached hydrogen (secondary N) is 2. The Kier molecular flexibility index (Phi) is 5.62. The second kappa shape index (κ2) is 6.85. The summed E-state index contributed by atoms with van der Waals surface area (Å²) in [6.07, 6.45) is -0.0901. The summed E-state index contributed by atoms with van der Waals surface area (Å²) in [5.41, 5.74) is 0.704. The molecule has 0 unspecified atom stereocenters. The highest BCUT2D eigenvalue weighted by molar-refractivity contribution is 5.86. The molecule has 1 rings (SSSR count). The molecule has 6 nitrogen and oxygen atoms in total. The van der Waals surface area contributed by atoms with Crippen LogP contribution in [0.25, 0.3) is 0 Å². The lowest BCUT2D eigenvalue weighted by atomic mass is 10.1. The van der Waals surface area contributed by atoms with Gasteiger partial charge in [0.2, 0.25) is 11.8 Å². The van der Waals surface area contributed by atoms with Crippen molar-refractivity contribution in [3.63, 3.8) is 0 Å². The number of amides is 2. The van der Waals surface area contributed by atoms with Gasteiger partial charge in [-0.1, -0.05) is 0 Å². The van der Waals surface area contributed by atoms with Crippen molar-refractivity contribution in [1.29, 1.82) is 0 Å². The molecule has 0 atom stereocenters. The Morgan fingerprint density at radius 1 is 1.23 bits per heavy atom. The molecule has 124 valence electrons. The van der Waals surface area contributed by atoms with Crippen LogP contribution < -0.4 is 10.6 Å². The summed E-state index contributed by atoms with van der Waals surface area (Å²) in [5, 5.41) is 8.90. The van der Waals surface area contributed by atoms with E-state index in [0.717, 1.165) is 0 Å². The van der Waals surface area contributed by atoms with Gasteiger partial charge in [-0.05, 0) is 34.6 Å². The molecule has 0 aliphatic carbocycles. The number of alkyl halides is 2. The zero-order valence-corrected chi connectivity index (χ0v) is 13.5. The Bertz CT molecular complexity index is 562. The largest absolute Gasteiger partial charge is 0.350 e. The van der Waals surface area contributed by atoms with E-state index in [4.69, 9.17) is 0 Å². The van der Waals surface area contributed by atoms with Crippen LogP contribution in [0.5, 0.6) is 0 Å². The first kappa shape index (κ1) is 18.1. The Morgan fingerprint density at radius 2 is 1.82 bits per heavy atom. The first-order chi connectivity index (χ1) is 10.0. The summed E-state index contributed by atoms with van der Waals surface area (Å²) in [7, 11) is 0. The number of carbonyl (C=O) groups is 2. The number of carbonyl (C=O) groups excluding carboxylic acids is 2. The van der Waals surface area contributed by atoms with Crippen LogP contribution in [0.4, 0.5) is 8.78 Å². The van der Waals surface area contributed by atoms with E-state index in [9.17, 15) is 18.4 Å². The van der Waals surface area contributed by atoms with E-state index >= 15 is 0 Å². The fourth-order valence-electron chi connectivity index (χ4n) is 2.01. The van der Waals surface area contributed by atoms with Crippen LogP contribution in [0.1, 0.15) is 44.3 Å². The Balaban J connectivity index is 2.61. The number of hydrogen-bond acceptors (Lipinski definition) is 3. The van der Waals surface area contributed by atoms with Gasteiger partial charge in [-0.3, -0.25) is 9.59 Å². The van der Waals surface area contributed by atoms with Crippen molar-refractivity contribution in [2.24, 2.45) is 0 Å². The molecule has 0 fully saturated rings. The van der Waals surface area contributed by atoms with Gasteiger partial charge < -0.3 is 10.6 Å². The summed E-state index contributed by atoms with van der Waals surface area (Å²) in [5.74, 6) is -0.721. The molecular formula is C14H22F2N4O2. The third-order valence-corrected chi connectivity index (χ3v) is 2.96. The number of halogens is 2. The maximum absolute atomic E-state index is 12.7. The normalized spacial score (nSPS) is 11.6. The molecule has 0 aliphatic rings. The molecule has 0 bridgehead atoms. The van der Waals surface area contributed by atoms with Crippen LogP contribution in [-0.4, -0.2) is 33.7 Å². The molecule has 1 aromatic heterocycles. The monoisotopic (exact) mass is 316 g/mol. The summed E-state index contributed by atoms with van der Waals surface area (Å²) in [6, 6.07) is 0. The van der Waals surface area contributed by atoms with Crippen molar-refractivity contribution in [2.45, 2.75) is 53.1 Å². The second-order valence-electron chi connectivity index (χ2n) is 6.12. The molecule has 0 saturated heterocycles. The lowest BCUT2D eigenvalue weighted by molar-refractivity contribution is -0.126. The highest BCUT2D eigenvalue weighted by Crippen LogP contribution is 2.19. The molecule has 22 heavy (non-hydrogen) atoms. The van der Waals surface area contributed by atoms with Crippen molar-refractivity contribution in [2.75, 3.05) is 6.54 Å². The third-order valence-electron chi connectivity index (χ3n) is 2.96. The topological polar surface area (TPSA) is 76.0 Å². The zero-order chi connectivity index (χ0) is 17.1. The van der Waals surface area contributed by atoms with Crippen molar-refractivity contribution in [1.82, 2.24) is 20.4 Å². The Hall–Kier alpha value is -1.99. The fraction of sp³-hybridized carbons (Fsp3) is 0.643. The van der Waals surface area contributed by atoms with Crippen molar-refractivity contribution in [3.8, 4) is 0 Å². The van der Waals surface area contributed by atoms with Crippen LogP contribution in [0.15, 0.2) is 0 Å². The van der Waals surface area contributed by atoms with Gasteiger partial charge in [0.1, 0.15) is 0 Å². The molecule has 0 spiro atoms. The summed E-state index contributed by atoms with van der Waals surface area (Å²) in [6.45, 7) is 5.65. The van der Waals surface area contributed by atoms with Gasteiger partial charge in [-0.2, -0.15) is 13.9 Å². The molecule has 0 saturated carbocycles. The molecule has 0 aliphatic heterocycles. The van der Waals surface area contributed by atoms with E-state index in [2.05, 4.69) is 15.7 Å². The average molecular weight is 316 g/mol. The van der Waals surface area contributed by atoms with Crippen LogP contribution >= 0.6 is 0 Å². The lowest BCUT2D eigenvalue weighted by Gasteiger charge is -2.20. The van der Waals surface area contributed by atoms with Crippen molar-refractivity contribution < 1.29 is 18.4 Å². The maximum atomic E-state index is 12.7. The highest BCUT2D eigenvalue weighted by Gasteiger charge is 2.20. The summed E-state index contributed by atoms with van der Waals surface area (Å²) in [4.78, 5) is 23.5. The van der Waals surface area contributed by atoms with E-state index in [1.807, 2.05) is 20.8 Å². The van der Waals surface area contributed by atoms with Crippen LogP contribution in [-0.2, 0) is 16.0 Å². The lowest BCUT2D eigenvalue weighted by Crippen LogP contribution is -2.46. The van der Waals surface area contributed by atoms with E-state index in [1.165, 1.54) is 6.92 Å². The average Bonchev–Trinajstić information content (AvgIpc) is 2.62. The van der Waals surface area contributed by atoms with E-state index in [-0.39, 0.29) is 30.1 Å². The van der Waals surface area contributed by atoms with E-state index < -0.39 is 12.5 Å². The minimum Gasteiger partial charge on any atom is -0.350 e. The fourth-order valence-corrected chi connectivity index (χ4v) is 2.01. The van der Waals surface area contributed by atoms with Gasteiger partial charge >= 0.3 is 6.55 Å². The maximum Gasteiger partial charge on any atom is 0.333 e. The number of hydrogen-bond donors (Lipinski definition) is 2. The minimum absolute atomic E-state index is 0.0901. The van der Waals surface area contributed by atoms with Gasteiger partial charge in [0.25, 0.3) is 0 Å². The second-order valence-corrected chi connectivity index (χ2v) is 6.12. The molecule has 0 radical (unpaired) electrons. The summed E-state index contributed by atoms with van der Waals surface area (Å²) < 4.78 is 26.0. The van der Waals surface area contributed by atoms with E-state index in [1.54, 1.807) is 6.92 Å². The number of aryl methyl sites for hydroxylation is 1. The van der Waals surface area contributed by atoms with Crippen LogP contribution in [0.3, 0.4) is 0 Å². The van der Waals surface area contributed by atoms with Crippen molar-refractivity contribution >= 4 is 11.8 Å². The predicted molar refractivity (Wildman–Crippen MR) is 77.6 cm³/mol. The highest BCUT2D eigenvalue weighted by atomic mass is 19.3. The first-order valence-electron chi connectivity index (χ1n) is 6.91. The van der Waals surface area contributed by atoms with Gasteiger partial charge in [0, 0.05) is 16.8 Å². The molecule has 1 aromatic rings. The SMILES string of the molecule is Cc1nn(C(F)F)c(C)c1CC(=O)NCC(=O)NC(C)(C)C. The minimum atomic E-state index is -2.74. The molecular weight excluding hydrogens is 294 g/mol. The molecule has 1 heterocycles. The number of rotatable bonds is 5. The number of nitrogens with zero attached hydrogens (tertiary/aromatic N) is 2. The quantitative estimate of drug-likeness (QED) is 0.863. The van der Waals surface area contributed by atoms with Crippen molar-refractivity contribution in [3.05, 3.63) is 17.0 Å². The molecule has 2 amide bonds. The Morgan fingerprint density at radius 3 is 2.27 bits per heavy atom. The summed E-state index contributed by atoms with van der Waals surface area (Å²) >= 11 is 0. The molecule has 8 heteroatoms. The molecule has 0 aromatic carbocycles. The number of aromatic nitrogens is 2. The third kappa shape index (κ3) is 5.09. The standard InChI is InChI=1S/C14H22F2N4O2/c1-8-10(9(2)20(19-8)13(15)16)6-11(21)17-7-12(22)18-14(3,4)5/h13H,6-7H2,1-5H3,(H,17,21)(H,18,22). The van der Waals surface area contributed by atoms with Gasteiger partial charge in [0.15, 0.2) is 0 Å². The van der Waals surface area contributed by atoms with E-state index in [0.29, 0.717) is 15.9 Å². The van der Waals surface area contributed by atoms with Crippen LogP contribution in [0, 0.1) is 13.8 Å². The van der Waals surface area contributed by atoms with Gasteiger partial charge in [-0.15, -0.1) is 0 Å². The van der Waals surface area contributed by atoms with Crippen LogP contribution in [0.2, 0.25) is 0 Å². The Labute approximate surface area is 128 Å². The predicted octanol–water partition coefficient (Wildman–Crippen LogP) is 1.47. The smallest absolute Gasteiger partial charge is 0.333 e. The zero-order valence-electron chi connectivity index (χ0n) is 13.5.